The number of fused-ring (bicyclic) bond motifs is 3. The summed E-state index contributed by atoms with van der Waals surface area (Å²) in [4.78, 5) is 25.8. The van der Waals surface area contributed by atoms with Crippen molar-refractivity contribution in [3.8, 4) is 16.9 Å². The second kappa shape index (κ2) is 12.6. The van der Waals surface area contributed by atoms with Gasteiger partial charge in [0.1, 0.15) is 12.6 Å². The Hall–Kier alpha value is -4.38. The first-order valence-electron chi connectivity index (χ1n) is 12.7. The third-order valence-corrected chi connectivity index (χ3v) is 7.80. The topological polar surface area (TPSA) is 64.6 Å². The first-order chi connectivity index (χ1) is 20.3. The SMILES string of the molecule is O=C(NC(CSCc1ccccc1)C(=O)Oc1c(F)c(F)c(F)c(F)c1F)OCC1c2ccccc2-c2ccccc21. The van der Waals surface area contributed by atoms with Gasteiger partial charge in [0.05, 0.1) is 0 Å². The molecule has 1 atom stereocenters. The molecule has 0 heterocycles. The highest BCUT2D eigenvalue weighted by Crippen LogP contribution is 2.44. The van der Waals surface area contributed by atoms with Gasteiger partial charge in [0, 0.05) is 17.4 Å². The molecule has 1 N–H and O–H groups in total. The molecule has 216 valence electrons. The number of carbonyl (C=O) groups is 2. The van der Waals surface area contributed by atoms with E-state index in [4.69, 9.17) is 4.74 Å². The number of alkyl carbamates (subject to hydrolysis) is 1. The highest BCUT2D eigenvalue weighted by Gasteiger charge is 2.33. The Morgan fingerprint density at radius 1 is 0.738 bits per heavy atom. The quantitative estimate of drug-likeness (QED) is 0.0730. The minimum Gasteiger partial charge on any atom is -0.449 e. The van der Waals surface area contributed by atoms with E-state index in [0.29, 0.717) is 5.75 Å². The summed E-state index contributed by atoms with van der Waals surface area (Å²) in [6.07, 6.45) is -1.03. The van der Waals surface area contributed by atoms with Gasteiger partial charge in [-0.05, 0) is 27.8 Å². The van der Waals surface area contributed by atoms with Crippen molar-refractivity contribution in [3.05, 3.63) is 125 Å². The van der Waals surface area contributed by atoms with E-state index in [1.807, 2.05) is 66.7 Å². The molecule has 0 aliphatic heterocycles. The normalized spacial score (nSPS) is 12.8. The van der Waals surface area contributed by atoms with E-state index in [1.54, 1.807) is 12.1 Å². The van der Waals surface area contributed by atoms with Gasteiger partial charge in [-0.2, -0.15) is 20.5 Å². The maximum absolute atomic E-state index is 14.2. The van der Waals surface area contributed by atoms with Crippen LogP contribution < -0.4 is 10.1 Å². The predicted molar refractivity (Wildman–Crippen MR) is 146 cm³/mol. The van der Waals surface area contributed by atoms with Gasteiger partial charge in [-0.15, -0.1) is 0 Å². The molecule has 4 aromatic rings. The number of thioether (sulfide) groups is 1. The van der Waals surface area contributed by atoms with Crippen molar-refractivity contribution >= 4 is 23.8 Å². The van der Waals surface area contributed by atoms with E-state index in [9.17, 15) is 31.5 Å². The van der Waals surface area contributed by atoms with Gasteiger partial charge in [0.2, 0.25) is 34.8 Å². The maximum atomic E-state index is 14.2. The number of hydrogen-bond acceptors (Lipinski definition) is 5. The van der Waals surface area contributed by atoms with E-state index >= 15 is 0 Å². The Bertz CT molecular complexity index is 1560. The van der Waals surface area contributed by atoms with Crippen LogP contribution in [0.25, 0.3) is 11.1 Å². The average molecular weight is 600 g/mol. The molecule has 0 bridgehead atoms. The molecule has 1 unspecified atom stereocenters. The average Bonchev–Trinajstić information content (AvgIpc) is 3.33. The lowest BCUT2D eigenvalue weighted by atomic mass is 9.98. The van der Waals surface area contributed by atoms with Crippen molar-refractivity contribution in [1.82, 2.24) is 5.32 Å². The summed E-state index contributed by atoms with van der Waals surface area (Å²) >= 11 is 1.17. The Labute approximate surface area is 241 Å². The number of nitrogens with one attached hydrogen (secondary N) is 1. The van der Waals surface area contributed by atoms with Crippen molar-refractivity contribution in [2.75, 3.05) is 12.4 Å². The van der Waals surface area contributed by atoms with Gasteiger partial charge in [-0.1, -0.05) is 78.9 Å². The highest BCUT2D eigenvalue weighted by atomic mass is 32.2. The molecule has 42 heavy (non-hydrogen) atoms. The molecule has 0 radical (unpaired) electrons. The van der Waals surface area contributed by atoms with Crippen LogP contribution >= 0.6 is 11.8 Å². The van der Waals surface area contributed by atoms with E-state index in [1.165, 1.54) is 11.8 Å². The number of esters is 1. The lowest BCUT2D eigenvalue weighted by molar-refractivity contribution is -0.136. The van der Waals surface area contributed by atoms with Gasteiger partial charge in [0.15, 0.2) is 0 Å². The van der Waals surface area contributed by atoms with E-state index in [0.717, 1.165) is 27.8 Å². The Morgan fingerprint density at radius 2 is 1.26 bits per heavy atom. The fraction of sp³-hybridized carbons (Fsp3) is 0.161. The number of amides is 1. The van der Waals surface area contributed by atoms with Crippen LogP contribution in [0.2, 0.25) is 0 Å². The van der Waals surface area contributed by atoms with Crippen LogP contribution in [0, 0.1) is 29.1 Å². The standard InChI is InChI=1S/C31H22F5NO4S/c32-24-25(33)27(35)29(28(36)26(24)34)41-30(38)23(16-42-15-17-8-2-1-3-9-17)37-31(39)40-14-22-20-12-6-4-10-18(20)19-11-5-7-13-21(19)22/h1-13,22-23H,14-16H2,(H,37,39). The molecule has 0 fully saturated rings. The van der Waals surface area contributed by atoms with Crippen LogP contribution in [-0.4, -0.2) is 30.5 Å². The van der Waals surface area contributed by atoms with Crippen molar-refractivity contribution < 1.29 is 41.0 Å². The number of halogens is 5. The number of benzene rings is 4. The Morgan fingerprint density at radius 3 is 1.86 bits per heavy atom. The second-order valence-electron chi connectivity index (χ2n) is 9.34. The molecule has 0 aromatic heterocycles. The third kappa shape index (κ3) is 5.96. The molecule has 11 heteroatoms. The molecule has 1 aliphatic rings. The molecule has 5 nitrogen and oxygen atoms in total. The number of ether oxygens (including phenoxy) is 2. The van der Waals surface area contributed by atoms with Gasteiger partial charge in [-0.3, -0.25) is 0 Å². The zero-order chi connectivity index (χ0) is 29.8. The molecule has 1 amide bonds. The second-order valence-corrected chi connectivity index (χ2v) is 10.4. The van der Waals surface area contributed by atoms with Crippen molar-refractivity contribution in [2.45, 2.75) is 17.7 Å². The molecular weight excluding hydrogens is 577 g/mol. The van der Waals surface area contributed by atoms with Crippen LogP contribution in [0.3, 0.4) is 0 Å². The van der Waals surface area contributed by atoms with Crippen LogP contribution in [0.5, 0.6) is 5.75 Å². The Balaban J connectivity index is 1.31. The third-order valence-electron chi connectivity index (χ3n) is 6.69. The van der Waals surface area contributed by atoms with E-state index in [2.05, 4.69) is 10.1 Å². The minimum absolute atomic E-state index is 0.0869. The number of rotatable bonds is 9. The van der Waals surface area contributed by atoms with E-state index in [-0.39, 0.29) is 18.3 Å². The maximum Gasteiger partial charge on any atom is 0.407 e. The lowest BCUT2D eigenvalue weighted by Gasteiger charge is -2.19. The first-order valence-corrected chi connectivity index (χ1v) is 13.9. The largest absolute Gasteiger partial charge is 0.449 e. The zero-order valence-corrected chi connectivity index (χ0v) is 22.5. The summed E-state index contributed by atoms with van der Waals surface area (Å²) in [5.74, 6) is -14.8. The van der Waals surface area contributed by atoms with Gasteiger partial charge < -0.3 is 14.8 Å². The fourth-order valence-corrected chi connectivity index (χ4v) is 5.67. The smallest absolute Gasteiger partial charge is 0.407 e. The molecular formula is C31H22F5NO4S. The molecule has 0 saturated carbocycles. The predicted octanol–water partition coefficient (Wildman–Crippen LogP) is 7.13. The van der Waals surface area contributed by atoms with Crippen LogP contribution in [-0.2, 0) is 15.3 Å². The zero-order valence-electron chi connectivity index (χ0n) is 21.7. The summed E-state index contributed by atoms with van der Waals surface area (Å²) in [5, 5.41) is 2.31. The molecule has 4 aromatic carbocycles. The number of hydrogen-bond donors (Lipinski definition) is 1. The van der Waals surface area contributed by atoms with Gasteiger partial charge in [0.25, 0.3) is 0 Å². The molecule has 5 rings (SSSR count). The van der Waals surface area contributed by atoms with E-state index < -0.39 is 52.9 Å². The summed E-state index contributed by atoms with van der Waals surface area (Å²) in [6.45, 7) is -0.0869. The molecule has 0 spiro atoms. The van der Waals surface area contributed by atoms with Crippen molar-refractivity contribution in [1.29, 1.82) is 0 Å². The summed E-state index contributed by atoms with van der Waals surface area (Å²) < 4.78 is 79.2. The van der Waals surface area contributed by atoms with Crippen LogP contribution in [0.15, 0.2) is 78.9 Å². The summed E-state index contributed by atoms with van der Waals surface area (Å²) in [7, 11) is 0. The molecule has 0 saturated heterocycles. The first kappa shape index (κ1) is 29.1. The summed E-state index contributed by atoms with van der Waals surface area (Å²) in [5.41, 5.74) is 4.79. The molecule has 1 aliphatic carbocycles. The van der Waals surface area contributed by atoms with Crippen LogP contribution in [0.1, 0.15) is 22.6 Å². The lowest BCUT2D eigenvalue weighted by Crippen LogP contribution is -2.45. The fourth-order valence-electron chi connectivity index (χ4n) is 4.67. The number of carbonyl (C=O) groups excluding carboxylic acids is 2. The minimum atomic E-state index is -2.39. The van der Waals surface area contributed by atoms with Crippen LogP contribution in [0.4, 0.5) is 26.7 Å². The van der Waals surface area contributed by atoms with Gasteiger partial charge in [-0.25, -0.2) is 22.8 Å². The van der Waals surface area contributed by atoms with Crippen molar-refractivity contribution in [2.24, 2.45) is 0 Å². The monoisotopic (exact) mass is 599 g/mol. The van der Waals surface area contributed by atoms with Gasteiger partial charge >= 0.3 is 12.1 Å². The Kier molecular flexibility index (Phi) is 8.77. The summed E-state index contributed by atoms with van der Waals surface area (Å²) in [6, 6.07) is 22.8. The highest BCUT2D eigenvalue weighted by molar-refractivity contribution is 7.98. The van der Waals surface area contributed by atoms with Crippen molar-refractivity contribution in [3.63, 3.8) is 0 Å².